The SMILES string of the molecule is CCOC(=O)c1c(N)nsc1NCCN(C)CC. The summed E-state index contributed by atoms with van der Waals surface area (Å²) in [7, 11) is 2.04. The Hall–Kier alpha value is -1.34. The Morgan fingerprint density at radius 1 is 1.56 bits per heavy atom. The normalized spacial score (nSPS) is 10.7. The van der Waals surface area contributed by atoms with Crippen LogP contribution >= 0.6 is 11.5 Å². The molecule has 102 valence electrons. The lowest BCUT2D eigenvalue weighted by Gasteiger charge is -2.14. The first-order valence-corrected chi connectivity index (χ1v) is 6.72. The second kappa shape index (κ2) is 7.17. The van der Waals surface area contributed by atoms with Crippen LogP contribution in [0.4, 0.5) is 10.8 Å². The molecule has 1 rings (SSSR count). The van der Waals surface area contributed by atoms with Crippen molar-refractivity contribution < 1.29 is 9.53 Å². The van der Waals surface area contributed by atoms with Gasteiger partial charge in [0, 0.05) is 13.1 Å². The molecule has 18 heavy (non-hydrogen) atoms. The van der Waals surface area contributed by atoms with Gasteiger partial charge in [-0.05, 0) is 32.0 Å². The van der Waals surface area contributed by atoms with Crippen LogP contribution in [0.15, 0.2) is 0 Å². The van der Waals surface area contributed by atoms with Gasteiger partial charge in [-0.1, -0.05) is 6.92 Å². The van der Waals surface area contributed by atoms with E-state index in [4.69, 9.17) is 10.5 Å². The van der Waals surface area contributed by atoms with Gasteiger partial charge in [0.1, 0.15) is 10.6 Å². The fraction of sp³-hybridized carbons (Fsp3) is 0.636. The van der Waals surface area contributed by atoms with Gasteiger partial charge < -0.3 is 20.7 Å². The number of hydrogen-bond acceptors (Lipinski definition) is 7. The molecule has 1 aromatic rings. The Balaban J connectivity index is 2.63. The zero-order valence-electron chi connectivity index (χ0n) is 11.0. The summed E-state index contributed by atoms with van der Waals surface area (Å²) >= 11 is 1.18. The lowest BCUT2D eigenvalue weighted by Crippen LogP contribution is -2.25. The van der Waals surface area contributed by atoms with Crippen molar-refractivity contribution in [2.45, 2.75) is 13.8 Å². The van der Waals surface area contributed by atoms with E-state index in [0.717, 1.165) is 19.6 Å². The number of aromatic nitrogens is 1. The number of nitrogens with one attached hydrogen (secondary N) is 1. The van der Waals surface area contributed by atoms with Gasteiger partial charge in [0.2, 0.25) is 0 Å². The average molecular weight is 272 g/mol. The van der Waals surface area contributed by atoms with Crippen LogP contribution < -0.4 is 11.1 Å². The highest BCUT2D eigenvalue weighted by molar-refractivity contribution is 7.11. The third-order valence-corrected chi connectivity index (χ3v) is 3.34. The zero-order valence-corrected chi connectivity index (χ0v) is 11.8. The summed E-state index contributed by atoms with van der Waals surface area (Å²) < 4.78 is 8.93. The van der Waals surface area contributed by atoms with Crippen LogP contribution in [0.5, 0.6) is 0 Å². The fourth-order valence-electron chi connectivity index (χ4n) is 1.34. The number of carbonyl (C=O) groups is 1. The highest BCUT2D eigenvalue weighted by atomic mass is 32.1. The van der Waals surface area contributed by atoms with E-state index in [9.17, 15) is 4.79 Å². The van der Waals surface area contributed by atoms with Crippen molar-refractivity contribution in [3.8, 4) is 0 Å². The van der Waals surface area contributed by atoms with Gasteiger partial charge in [-0.3, -0.25) is 0 Å². The molecule has 0 aliphatic carbocycles. The number of rotatable bonds is 7. The molecule has 3 N–H and O–H groups in total. The minimum absolute atomic E-state index is 0.227. The van der Waals surface area contributed by atoms with E-state index >= 15 is 0 Å². The molecule has 7 heteroatoms. The molecule has 0 spiro atoms. The first kappa shape index (κ1) is 14.7. The van der Waals surface area contributed by atoms with Crippen LogP contribution in [-0.2, 0) is 4.74 Å². The third-order valence-electron chi connectivity index (χ3n) is 2.52. The van der Waals surface area contributed by atoms with E-state index in [1.807, 2.05) is 7.05 Å². The Labute approximate surface area is 111 Å². The highest BCUT2D eigenvalue weighted by Crippen LogP contribution is 2.27. The van der Waals surface area contributed by atoms with Crippen molar-refractivity contribution in [2.24, 2.45) is 0 Å². The number of anilines is 2. The van der Waals surface area contributed by atoms with E-state index in [0.29, 0.717) is 17.2 Å². The second-order valence-electron chi connectivity index (χ2n) is 3.82. The molecule has 0 unspecified atom stereocenters. The number of nitrogens with two attached hydrogens (primary N) is 1. The predicted molar refractivity (Wildman–Crippen MR) is 74.1 cm³/mol. The molecule has 0 amide bonds. The molecule has 0 atom stereocenters. The molecule has 6 nitrogen and oxygen atoms in total. The van der Waals surface area contributed by atoms with Gasteiger partial charge in [0.25, 0.3) is 0 Å². The van der Waals surface area contributed by atoms with Crippen molar-refractivity contribution in [3.63, 3.8) is 0 Å². The molecular weight excluding hydrogens is 252 g/mol. The van der Waals surface area contributed by atoms with Crippen molar-refractivity contribution in [1.82, 2.24) is 9.27 Å². The molecule has 1 aromatic heterocycles. The average Bonchev–Trinajstić information content (AvgIpc) is 2.70. The van der Waals surface area contributed by atoms with Crippen LogP contribution in [0.25, 0.3) is 0 Å². The molecule has 0 radical (unpaired) electrons. The Morgan fingerprint density at radius 3 is 2.89 bits per heavy atom. The van der Waals surface area contributed by atoms with E-state index < -0.39 is 5.97 Å². The number of ether oxygens (including phenoxy) is 1. The quantitative estimate of drug-likeness (QED) is 0.728. The molecule has 0 saturated heterocycles. The molecule has 0 bridgehead atoms. The number of carbonyl (C=O) groups excluding carboxylic acids is 1. The second-order valence-corrected chi connectivity index (χ2v) is 4.59. The standard InChI is InChI=1S/C11H20N4O2S/c1-4-15(3)7-6-13-10-8(9(12)14-18-10)11(16)17-5-2/h13H,4-7H2,1-3H3,(H2,12,14). The largest absolute Gasteiger partial charge is 0.462 e. The minimum Gasteiger partial charge on any atom is -0.462 e. The van der Waals surface area contributed by atoms with Crippen molar-refractivity contribution in [3.05, 3.63) is 5.56 Å². The van der Waals surface area contributed by atoms with Crippen molar-refractivity contribution in [1.29, 1.82) is 0 Å². The van der Waals surface area contributed by atoms with Crippen LogP contribution in [-0.4, -0.2) is 48.5 Å². The van der Waals surface area contributed by atoms with E-state index in [1.54, 1.807) is 6.92 Å². The Morgan fingerprint density at radius 2 is 2.28 bits per heavy atom. The predicted octanol–water partition coefficient (Wildman–Crippen LogP) is 1.27. The van der Waals surface area contributed by atoms with E-state index in [2.05, 4.69) is 21.5 Å². The lowest BCUT2D eigenvalue weighted by atomic mass is 10.3. The van der Waals surface area contributed by atoms with Gasteiger partial charge in [0.05, 0.1) is 6.61 Å². The Kier molecular flexibility index (Phi) is 5.87. The van der Waals surface area contributed by atoms with Crippen LogP contribution in [0.2, 0.25) is 0 Å². The summed E-state index contributed by atoms with van der Waals surface area (Å²) in [5.74, 6) is -0.195. The number of hydrogen-bond donors (Lipinski definition) is 2. The summed E-state index contributed by atoms with van der Waals surface area (Å²) in [6, 6.07) is 0. The van der Waals surface area contributed by atoms with Crippen LogP contribution in [0, 0.1) is 0 Å². The van der Waals surface area contributed by atoms with Crippen molar-refractivity contribution in [2.75, 3.05) is 44.3 Å². The maximum atomic E-state index is 11.7. The molecule has 0 aromatic carbocycles. The lowest BCUT2D eigenvalue weighted by molar-refractivity contribution is 0.0529. The molecule has 0 aliphatic heterocycles. The summed E-state index contributed by atoms with van der Waals surface area (Å²) in [4.78, 5) is 13.9. The molecular formula is C11H20N4O2S. The molecule has 0 saturated carbocycles. The number of nitrogens with zero attached hydrogens (tertiary/aromatic N) is 2. The number of esters is 1. The maximum absolute atomic E-state index is 11.7. The summed E-state index contributed by atoms with van der Waals surface area (Å²) in [6.45, 7) is 6.78. The van der Waals surface area contributed by atoms with Crippen LogP contribution in [0.1, 0.15) is 24.2 Å². The molecule has 0 aliphatic rings. The molecule has 1 heterocycles. The topological polar surface area (TPSA) is 80.5 Å². The third kappa shape index (κ3) is 3.85. The first-order chi connectivity index (χ1) is 8.60. The summed E-state index contributed by atoms with van der Waals surface area (Å²) in [5, 5.41) is 3.85. The fourth-order valence-corrected chi connectivity index (χ4v) is 2.07. The number of likely N-dealkylation sites (N-methyl/N-ethyl adjacent to an activating group) is 1. The van der Waals surface area contributed by atoms with Gasteiger partial charge >= 0.3 is 5.97 Å². The maximum Gasteiger partial charge on any atom is 0.344 e. The van der Waals surface area contributed by atoms with E-state index in [1.165, 1.54) is 11.5 Å². The Bertz CT molecular complexity index is 394. The molecule has 0 fully saturated rings. The monoisotopic (exact) mass is 272 g/mol. The van der Waals surface area contributed by atoms with Gasteiger partial charge in [0.15, 0.2) is 5.82 Å². The van der Waals surface area contributed by atoms with Gasteiger partial charge in [-0.15, -0.1) is 0 Å². The highest BCUT2D eigenvalue weighted by Gasteiger charge is 2.20. The smallest absolute Gasteiger partial charge is 0.344 e. The summed E-state index contributed by atoms with van der Waals surface area (Å²) in [5.41, 5.74) is 6.03. The zero-order chi connectivity index (χ0) is 13.5. The van der Waals surface area contributed by atoms with E-state index in [-0.39, 0.29) is 5.82 Å². The van der Waals surface area contributed by atoms with Gasteiger partial charge in [-0.2, -0.15) is 4.37 Å². The summed E-state index contributed by atoms with van der Waals surface area (Å²) in [6.07, 6.45) is 0. The first-order valence-electron chi connectivity index (χ1n) is 5.94. The minimum atomic E-state index is -0.421. The van der Waals surface area contributed by atoms with Crippen LogP contribution in [0.3, 0.4) is 0 Å². The number of nitrogen functional groups attached to an aromatic ring is 1. The van der Waals surface area contributed by atoms with Crippen molar-refractivity contribution >= 4 is 28.3 Å². The van der Waals surface area contributed by atoms with Gasteiger partial charge in [-0.25, -0.2) is 4.79 Å².